The van der Waals surface area contributed by atoms with Crippen molar-refractivity contribution in [3.05, 3.63) is 0 Å². The highest BCUT2D eigenvalue weighted by Crippen LogP contribution is 2.29. The first kappa shape index (κ1) is 6.41. The van der Waals surface area contributed by atoms with Crippen LogP contribution in [0.3, 0.4) is 0 Å². The fourth-order valence-electron chi connectivity index (χ4n) is 0.0298. The summed E-state index contributed by atoms with van der Waals surface area (Å²) in [5.74, 6) is 0. The van der Waals surface area contributed by atoms with Gasteiger partial charge >= 0.3 is 17.3 Å². The molecule has 0 aliphatic heterocycles. The minimum absolute atomic E-state index is 0.697. The van der Waals surface area contributed by atoms with Crippen LogP contribution in [0.15, 0.2) is 0 Å². The van der Waals surface area contributed by atoms with Gasteiger partial charge in [0.1, 0.15) is 0 Å². The number of hydrogen-bond acceptors (Lipinski definition) is 4. The van der Waals surface area contributed by atoms with E-state index in [4.69, 9.17) is 9.79 Å². The lowest BCUT2D eigenvalue weighted by Gasteiger charge is -1.86. The van der Waals surface area contributed by atoms with Gasteiger partial charge in [-0.15, -0.1) is 0 Å². The Morgan fingerprint density at radius 3 is 2.17 bits per heavy atom. The highest BCUT2D eigenvalue weighted by molar-refractivity contribution is 7.46. The lowest BCUT2D eigenvalue weighted by molar-refractivity contribution is 0.385. The van der Waals surface area contributed by atoms with Crippen molar-refractivity contribution in [1.82, 2.24) is 0 Å². The largest absolute Gasteiger partial charge is 0.338 e. The van der Waals surface area contributed by atoms with Crippen molar-refractivity contribution in [1.29, 1.82) is 0 Å². The van der Waals surface area contributed by atoms with E-state index >= 15 is 0 Å². The molecule has 4 nitrogen and oxygen atoms in total. The molecule has 0 aromatic carbocycles. The second-order valence-electron chi connectivity index (χ2n) is 0.409. The van der Waals surface area contributed by atoms with Crippen LogP contribution in [-0.4, -0.2) is 9.79 Å². The summed E-state index contributed by atoms with van der Waals surface area (Å²) in [5, 5.41) is 0. The highest BCUT2D eigenvalue weighted by Gasteiger charge is 1.93. The van der Waals surface area contributed by atoms with E-state index in [0.29, 0.717) is 0 Å². The second kappa shape index (κ2) is 3.59. The average Bonchev–Trinajstić information content (AvgIpc) is 1.35. The Morgan fingerprint density at radius 1 is 1.67 bits per heavy atom. The third kappa shape index (κ3) is 4.41. The zero-order valence-electron chi connectivity index (χ0n) is 2.61. The summed E-state index contributed by atoms with van der Waals surface area (Å²) in [4.78, 5) is 15.5. The van der Waals surface area contributed by atoms with E-state index in [1.807, 2.05) is 0 Å². The minimum Gasteiger partial charge on any atom is -0.328 e. The molecule has 0 fully saturated rings. The Balaban J connectivity index is 2.81. The first-order chi connectivity index (χ1) is 2.77. The summed E-state index contributed by atoms with van der Waals surface area (Å²) in [6, 6.07) is 0. The van der Waals surface area contributed by atoms with Gasteiger partial charge in [0.2, 0.25) is 0 Å². The van der Waals surface area contributed by atoms with Crippen molar-refractivity contribution in [2.45, 2.75) is 0 Å². The average molecular weight is 128 g/mol. The molecule has 0 aromatic rings. The fraction of sp³-hybridized carbons (Fsp3) is 0. The summed E-state index contributed by atoms with van der Waals surface area (Å²) < 4.78 is 12.8. The molecule has 0 bridgehead atoms. The molecule has 0 radical (unpaired) electrons. The Bertz CT molecular complexity index is 40.8. The van der Waals surface area contributed by atoms with Crippen LogP contribution in [-0.2, 0) is 8.88 Å². The van der Waals surface area contributed by atoms with Crippen LogP contribution in [0.4, 0.5) is 0 Å². The van der Waals surface area contributed by atoms with Gasteiger partial charge in [-0.05, 0) is 0 Å². The molecule has 36 valence electrons. The van der Waals surface area contributed by atoms with Gasteiger partial charge in [0.15, 0.2) is 0 Å². The zero-order chi connectivity index (χ0) is 4.99. The van der Waals surface area contributed by atoms with E-state index in [1.165, 1.54) is 0 Å². The van der Waals surface area contributed by atoms with Crippen molar-refractivity contribution in [3.8, 4) is 0 Å². The smallest absolute Gasteiger partial charge is 0.328 e. The predicted molar refractivity (Wildman–Crippen MR) is 20.0 cm³/mol. The molecule has 6 heavy (non-hydrogen) atoms. The Hall–Kier alpha value is 0.410. The third-order valence-electron chi connectivity index (χ3n) is 0.106. The standard InChI is InChI=1S/H2O4P2/c1-5-4-6(2)3/h2-3H. The zero-order valence-corrected chi connectivity index (χ0v) is 4.39. The summed E-state index contributed by atoms with van der Waals surface area (Å²) in [7, 11) is -3.12. The van der Waals surface area contributed by atoms with E-state index in [1.54, 1.807) is 0 Å². The van der Waals surface area contributed by atoms with Crippen molar-refractivity contribution in [2.75, 3.05) is 0 Å². The fourth-order valence-corrected chi connectivity index (χ4v) is 0.268. The van der Waals surface area contributed by atoms with E-state index in [2.05, 4.69) is 4.31 Å². The van der Waals surface area contributed by atoms with Crippen LogP contribution in [0.25, 0.3) is 0 Å². The molecule has 0 saturated carbocycles. The monoisotopic (exact) mass is 128 g/mol. The van der Waals surface area contributed by atoms with Crippen LogP contribution in [0.1, 0.15) is 0 Å². The lowest BCUT2D eigenvalue weighted by atomic mass is 15.8. The highest BCUT2D eigenvalue weighted by atomic mass is 31.2. The molecule has 0 aliphatic rings. The summed E-state index contributed by atoms with van der Waals surface area (Å²) in [6.07, 6.45) is 0. The first-order valence-electron chi connectivity index (χ1n) is 0.948. The molecule has 0 aromatic heterocycles. The number of rotatable bonds is 2. The van der Waals surface area contributed by atoms with Crippen molar-refractivity contribution in [2.24, 2.45) is 0 Å². The molecule has 2 N–H and O–H groups in total. The SMILES string of the molecule is O=POP(O)O. The molecule has 0 saturated heterocycles. The minimum atomic E-state index is -2.43. The van der Waals surface area contributed by atoms with E-state index in [0.717, 1.165) is 0 Å². The van der Waals surface area contributed by atoms with Crippen LogP contribution in [0.5, 0.6) is 0 Å². The summed E-state index contributed by atoms with van der Waals surface area (Å²) in [6.45, 7) is 0. The molecule has 0 spiro atoms. The van der Waals surface area contributed by atoms with Crippen LogP contribution in [0.2, 0.25) is 0 Å². The van der Waals surface area contributed by atoms with Crippen molar-refractivity contribution >= 4 is 17.3 Å². The Labute approximate surface area is 37.0 Å². The van der Waals surface area contributed by atoms with Gasteiger partial charge in [0, 0.05) is 0 Å². The molecule has 0 unspecified atom stereocenters. The maximum Gasteiger partial charge on any atom is 0.338 e. The molecule has 0 rings (SSSR count). The van der Waals surface area contributed by atoms with Gasteiger partial charge in [-0.2, -0.15) is 0 Å². The normalized spacial score (nSPS) is 10.5. The molecule has 0 heterocycles. The predicted octanol–water partition coefficient (Wildman–Crippen LogP) is 0.421. The quantitative estimate of drug-likeness (QED) is 0.529. The van der Waals surface area contributed by atoms with Crippen molar-refractivity contribution in [3.63, 3.8) is 0 Å². The summed E-state index contributed by atoms with van der Waals surface area (Å²) >= 11 is 0. The van der Waals surface area contributed by atoms with Gasteiger partial charge < -0.3 is 9.79 Å². The second-order valence-corrected chi connectivity index (χ2v) is 1.72. The summed E-state index contributed by atoms with van der Waals surface area (Å²) in [5.41, 5.74) is 0. The first-order valence-corrected chi connectivity index (χ1v) is 2.84. The molecular weight excluding hydrogens is 126 g/mol. The van der Waals surface area contributed by atoms with Gasteiger partial charge in [0.25, 0.3) is 0 Å². The molecule has 6 heteroatoms. The van der Waals surface area contributed by atoms with E-state index in [-0.39, 0.29) is 0 Å². The van der Waals surface area contributed by atoms with E-state index in [9.17, 15) is 4.57 Å². The van der Waals surface area contributed by atoms with Crippen LogP contribution >= 0.6 is 17.3 Å². The van der Waals surface area contributed by atoms with Crippen LogP contribution in [0, 0.1) is 0 Å². The molecule has 0 amide bonds. The molecule has 0 aliphatic carbocycles. The topological polar surface area (TPSA) is 66.8 Å². The maximum absolute atomic E-state index is 9.19. The Morgan fingerprint density at radius 2 is 2.17 bits per heavy atom. The van der Waals surface area contributed by atoms with Crippen molar-refractivity contribution < 1.29 is 18.7 Å². The Kier molecular flexibility index (Phi) is 3.84. The van der Waals surface area contributed by atoms with Gasteiger partial charge in [-0.1, -0.05) is 0 Å². The lowest BCUT2D eigenvalue weighted by Crippen LogP contribution is -1.60. The van der Waals surface area contributed by atoms with Gasteiger partial charge in [0.05, 0.1) is 0 Å². The molecular formula is H2O4P2. The third-order valence-corrected chi connectivity index (χ3v) is 0.957. The van der Waals surface area contributed by atoms with Gasteiger partial charge in [-0.3, -0.25) is 0 Å². The number of hydrogen-bond donors (Lipinski definition) is 2. The molecule has 0 atom stereocenters. The maximum atomic E-state index is 9.19. The van der Waals surface area contributed by atoms with E-state index < -0.39 is 17.3 Å². The van der Waals surface area contributed by atoms with Gasteiger partial charge in [-0.25, -0.2) is 8.88 Å². The van der Waals surface area contributed by atoms with Crippen LogP contribution < -0.4 is 0 Å².